The summed E-state index contributed by atoms with van der Waals surface area (Å²) in [6.45, 7) is 0.830. The lowest BCUT2D eigenvalue weighted by molar-refractivity contribution is 0.0920. The highest BCUT2D eigenvalue weighted by Gasteiger charge is 2.34. The van der Waals surface area contributed by atoms with Gasteiger partial charge < -0.3 is 4.74 Å². The van der Waals surface area contributed by atoms with E-state index in [1.54, 1.807) is 11.9 Å². The number of alkyl halides is 1. The second kappa shape index (κ2) is 7.89. The van der Waals surface area contributed by atoms with Crippen LogP contribution in [-0.2, 0) is 24.3 Å². The maximum Gasteiger partial charge on any atom is 0.410 e. The van der Waals surface area contributed by atoms with Crippen LogP contribution >= 0.6 is 22.9 Å². The first-order valence-corrected chi connectivity index (χ1v) is 10.3. The standard InChI is InChI=1S/C19H19ClN4O3S/c1-23-14(10-20)21-17-15(18(23)25)22-16(28-17)13-8-5-9-24(13)19(26)27-11-12-6-3-2-4-7-12/h2-4,6-7,13H,5,8-11H2,1H3/t13-/m1/s1. The Kier molecular flexibility index (Phi) is 5.32. The number of fused-ring (bicyclic) bond motifs is 1. The number of hydrogen-bond acceptors (Lipinski definition) is 6. The zero-order valence-electron chi connectivity index (χ0n) is 15.3. The molecule has 0 radical (unpaired) electrons. The van der Waals surface area contributed by atoms with E-state index in [9.17, 15) is 9.59 Å². The van der Waals surface area contributed by atoms with E-state index >= 15 is 0 Å². The third kappa shape index (κ3) is 3.49. The first-order chi connectivity index (χ1) is 13.6. The van der Waals surface area contributed by atoms with Crippen molar-refractivity contribution >= 4 is 39.4 Å². The van der Waals surface area contributed by atoms with Crippen LogP contribution in [-0.4, -0.2) is 32.1 Å². The number of benzene rings is 1. The molecular weight excluding hydrogens is 400 g/mol. The second-order valence-electron chi connectivity index (χ2n) is 6.62. The number of aromatic nitrogens is 3. The largest absolute Gasteiger partial charge is 0.445 e. The van der Waals surface area contributed by atoms with Crippen molar-refractivity contribution in [1.29, 1.82) is 0 Å². The molecular formula is C19H19ClN4O3S. The van der Waals surface area contributed by atoms with Crippen LogP contribution in [0, 0.1) is 0 Å². The smallest absolute Gasteiger partial charge is 0.410 e. The maximum atomic E-state index is 12.6. The molecule has 9 heteroatoms. The van der Waals surface area contributed by atoms with E-state index in [2.05, 4.69) is 9.97 Å². The van der Waals surface area contributed by atoms with Gasteiger partial charge in [-0.25, -0.2) is 14.8 Å². The van der Waals surface area contributed by atoms with Gasteiger partial charge >= 0.3 is 6.09 Å². The number of amides is 1. The van der Waals surface area contributed by atoms with Gasteiger partial charge in [-0.2, -0.15) is 0 Å². The van der Waals surface area contributed by atoms with Gasteiger partial charge in [0.15, 0.2) is 10.3 Å². The Bertz CT molecular complexity index is 1070. The molecule has 3 aromatic rings. The van der Waals surface area contributed by atoms with Crippen molar-refractivity contribution in [3.8, 4) is 0 Å². The number of halogens is 1. The zero-order chi connectivity index (χ0) is 19.7. The fourth-order valence-electron chi connectivity index (χ4n) is 3.32. The van der Waals surface area contributed by atoms with Crippen molar-refractivity contribution in [3.05, 3.63) is 57.1 Å². The number of likely N-dealkylation sites (tertiary alicyclic amines) is 1. The van der Waals surface area contributed by atoms with Gasteiger partial charge in [-0.3, -0.25) is 14.3 Å². The van der Waals surface area contributed by atoms with Gasteiger partial charge in [0.25, 0.3) is 5.56 Å². The van der Waals surface area contributed by atoms with Gasteiger partial charge in [0.05, 0.1) is 11.9 Å². The minimum Gasteiger partial charge on any atom is -0.445 e. The minimum absolute atomic E-state index is 0.149. The first kappa shape index (κ1) is 18.9. The van der Waals surface area contributed by atoms with Crippen LogP contribution in [0.1, 0.15) is 35.3 Å². The summed E-state index contributed by atoms with van der Waals surface area (Å²) in [4.78, 5) is 36.3. The van der Waals surface area contributed by atoms with E-state index in [1.165, 1.54) is 15.9 Å². The van der Waals surface area contributed by atoms with E-state index in [1.807, 2.05) is 30.3 Å². The molecule has 0 bridgehead atoms. The summed E-state index contributed by atoms with van der Waals surface area (Å²) in [7, 11) is 1.63. The lowest BCUT2D eigenvalue weighted by Crippen LogP contribution is -2.31. The van der Waals surface area contributed by atoms with Gasteiger partial charge in [0.1, 0.15) is 17.4 Å². The van der Waals surface area contributed by atoms with Crippen molar-refractivity contribution in [1.82, 2.24) is 19.4 Å². The predicted octanol–water partition coefficient (Wildman–Crippen LogP) is 3.60. The molecule has 1 atom stereocenters. The van der Waals surface area contributed by atoms with Crippen molar-refractivity contribution in [2.24, 2.45) is 7.05 Å². The zero-order valence-corrected chi connectivity index (χ0v) is 16.9. The van der Waals surface area contributed by atoms with Crippen LogP contribution in [0.15, 0.2) is 35.1 Å². The highest BCUT2D eigenvalue weighted by atomic mass is 35.5. The van der Waals surface area contributed by atoms with Crippen molar-refractivity contribution in [2.75, 3.05) is 6.54 Å². The topological polar surface area (TPSA) is 77.3 Å². The average Bonchev–Trinajstić information content (AvgIpc) is 3.36. The first-order valence-electron chi connectivity index (χ1n) is 8.98. The molecule has 1 aromatic carbocycles. The van der Waals surface area contributed by atoms with Crippen LogP contribution in [0.5, 0.6) is 0 Å². The Labute approximate surface area is 170 Å². The molecule has 0 spiro atoms. The minimum atomic E-state index is -0.368. The Morgan fingerprint density at radius 3 is 2.86 bits per heavy atom. The van der Waals surface area contributed by atoms with Crippen LogP contribution in [0.25, 0.3) is 10.3 Å². The third-order valence-corrected chi connectivity index (χ3v) is 6.14. The lowest BCUT2D eigenvalue weighted by Gasteiger charge is -2.22. The summed E-state index contributed by atoms with van der Waals surface area (Å²) in [5.41, 5.74) is 1.04. The van der Waals surface area contributed by atoms with E-state index < -0.39 is 0 Å². The molecule has 0 aliphatic carbocycles. The molecule has 3 heterocycles. The molecule has 7 nitrogen and oxygen atoms in total. The van der Waals surface area contributed by atoms with Crippen LogP contribution in [0.2, 0.25) is 0 Å². The number of ether oxygens (including phenoxy) is 1. The van der Waals surface area contributed by atoms with Crippen LogP contribution in [0.4, 0.5) is 4.79 Å². The van der Waals surface area contributed by atoms with Gasteiger partial charge in [0.2, 0.25) is 0 Å². The molecule has 2 aromatic heterocycles. The van der Waals surface area contributed by atoms with Crippen LogP contribution in [0.3, 0.4) is 0 Å². The molecule has 1 aliphatic rings. The Balaban J connectivity index is 1.57. The SMILES string of the molecule is Cn1c(CCl)nc2sc([C@H]3CCCN3C(=O)OCc3ccccc3)nc2c1=O. The van der Waals surface area contributed by atoms with Gasteiger partial charge in [0, 0.05) is 13.6 Å². The molecule has 1 saturated heterocycles. The molecule has 4 rings (SSSR count). The predicted molar refractivity (Wildman–Crippen MR) is 108 cm³/mol. The van der Waals surface area contributed by atoms with Gasteiger partial charge in [-0.15, -0.1) is 11.6 Å². The van der Waals surface area contributed by atoms with E-state index in [0.717, 1.165) is 18.4 Å². The quantitative estimate of drug-likeness (QED) is 0.605. The molecule has 0 saturated carbocycles. The molecule has 0 N–H and O–H groups in total. The fourth-order valence-corrected chi connectivity index (χ4v) is 4.65. The number of carbonyl (C=O) groups is 1. The molecule has 28 heavy (non-hydrogen) atoms. The Morgan fingerprint density at radius 1 is 1.32 bits per heavy atom. The highest BCUT2D eigenvalue weighted by Crippen LogP contribution is 2.36. The molecule has 146 valence electrons. The van der Waals surface area contributed by atoms with E-state index in [4.69, 9.17) is 16.3 Å². The summed E-state index contributed by atoms with van der Waals surface area (Å²) in [5.74, 6) is 0.649. The van der Waals surface area contributed by atoms with Crippen molar-refractivity contribution in [2.45, 2.75) is 31.4 Å². The fraction of sp³-hybridized carbons (Fsp3) is 0.368. The monoisotopic (exact) mass is 418 g/mol. The van der Waals surface area contributed by atoms with Gasteiger partial charge in [-0.1, -0.05) is 41.7 Å². The average molecular weight is 419 g/mol. The molecule has 0 unspecified atom stereocenters. The molecule has 1 aliphatic heterocycles. The number of thiazole rings is 1. The van der Waals surface area contributed by atoms with E-state index in [0.29, 0.717) is 27.7 Å². The lowest BCUT2D eigenvalue weighted by atomic mass is 10.2. The third-order valence-electron chi connectivity index (χ3n) is 4.85. The highest BCUT2D eigenvalue weighted by molar-refractivity contribution is 7.18. The van der Waals surface area contributed by atoms with Crippen LogP contribution < -0.4 is 5.56 Å². The van der Waals surface area contributed by atoms with Crippen molar-refractivity contribution in [3.63, 3.8) is 0 Å². The summed E-state index contributed by atoms with van der Waals surface area (Å²) in [5, 5.41) is 0.709. The number of nitrogens with zero attached hydrogens (tertiary/aromatic N) is 4. The Morgan fingerprint density at radius 2 is 2.11 bits per heavy atom. The normalized spacial score (nSPS) is 16.6. The number of rotatable bonds is 4. The maximum absolute atomic E-state index is 12.6. The Hall–Kier alpha value is -2.45. The summed E-state index contributed by atoms with van der Waals surface area (Å²) in [6.07, 6.45) is 1.27. The molecule has 1 fully saturated rings. The molecule has 1 amide bonds. The van der Waals surface area contributed by atoms with Gasteiger partial charge in [-0.05, 0) is 18.4 Å². The summed E-state index contributed by atoms with van der Waals surface area (Å²) < 4.78 is 6.90. The summed E-state index contributed by atoms with van der Waals surface area (Å²) >= 11 is 7.22. The number of hydrogen-bond donors (Lipinski definition) is 0. The number of carbonyl (C=O) groups excluding carboxylic acids is 1. The van der Waals surface area contributed by atoms with Crippen molar-refractivity contribution < 1.29 is 9.53 Å². The second-order valence-corrected chi connectivity index (χ2v) is 7.90. The summed E-state index contributed by atoms with van der Waals surface area (Å²) in [6, 6.07) is 9.36. The van der Waals surface area contributed by atoms with E-state index in [-0.39, 0.29) is 30.2 Å².